The minimum Gasteiger partial charge on any atom is -0.445 e. The molecule has 0 radical (unpaired) electrons. The molecule has 0 bridgehead atoms. The standard InChI is InChI=1S/C22H37NO2S/c1-4-6-7-8-9-10-11-12-13-21-23-22-19(24)15-18(16-20(22)25-21)14-17(3)26-5-2/h17-18H,4-16H2,1-3H3/t17-,18+/m1/s1. The normalized spacial score (nSPS) is 18.1. The molecule has 148 valence electrons. The number of Topliss-reactive ketones (excluding diaryl/α,β-unsaturated/α-hetero) is 1. The van der Waals surface area contributed by atoms with Crippen molar-refractivity contribution in [1.29, 1.82) is 0 Å². The Morgan fingerprint density at radius 3 is 2.46 bits per heavy atom. The van der Waals surface area contributed by atoms with Gasteiger partial charge >= 0.3 is 0 Å². The summed E-state index contributed by atoms with van der Waals surface area (Å²) in [6.07, 6.45) is 13.9. The molecule has 0 N–H and O–H groups in total. The third-order valence-electron chi connectivity index (χ3n) is 5.31. The fourth-order valence-corrected chi connectivity index (χ4v) is 4.93. The second-order valence-corrected chi connectivity index (χ2v) is 9.52. The average molecular weight is 380 g/mol. The Balaban J connectivity index is 1.73. The Morgan fingerprint density at radius 2 is 1.77 bits per heavy atom. The number of oxazole rings is 1. The molecule has 0 fully saturated rings. The second kappa shape index (κ2) is 11.8. The van der Waals surface area contributed by atoms with Crippen LogP contribution < -0.4 is 0 Å². The number of aromatic nitrogens is 1. The monoisotopic (exact) mass is 379 g/mol. The van der Waals surface area contributed by atoms with E-state index in [-0.39, 0.29) is 5.78 Å². The first-order chi connectivity index (χ1) is 12.6. The summed E-state index contributed by atoms with van der Waals surface area (Å²) in [6.45, 7) is 6.72. The van der Waals surface area contributed by atoms with Crippen LogP contribution in [0, 0.1) is 5.92 Å². The molecule has 1 aromatic heterocycles. The Morgan fingerprint density at radius 1 is 1.08 bits per heavy atom. The van der Waals surface area contributed by atoms with Crippen molar-refractivity contribution in [2.24, 2.45) is 5.92 Å². The lowest BCUT2D eigenvalue weighted by Gasteiger charge is -2.22. The number of unbranched alkanes of at least 4 members (excludes halogenated alkanes) is 7. The van der Waals surface area contributed by atoms with Gasteiger partial charge in [-0.05, 0) is 24.5 Å². The van der Waals surface area contributed by atoms with Gasteiger partial charge in [0.05, 0.1) is 0 Å². The predicted octanol–water partition coefficient (Wildman–Crippen LogP) is 6.63. The summed E-state index contributed by atoms with van der Waals surface area (Å²) in [6, 6.07) is 0. The summed E-state index contributed by atoms with van der Waals surface area (Å²) in [7, 11) is 0. The summed E-state index contributed by atoms with van der Waals surface area (Å²) in [5.74, 6) is 3.39. The number of aryl methyl sites for hydroxylation is 1. The first kappa shape index (κ1) is 21.5. The van der Waals surface area contributed by atoms with Crippen molar-refractivity contribution in [3.63, 3.8) is 0 Å². The molecule has 0 aliphatic heterocycles. The van der Waals surface area contributed by atoms with E-state index in [4.69, 9.17) is 4.42 Å². The largest absolute Gasteiger partial charge is 0.445 e. The third kappa shape index (κ3) is 7.09. The lowest BCUT2D eigenvalue weighted by Crippen LogP contribution is -2.22. The first-order valence-corrected chi connectivity index (χ1v) is 11.8. The smallest absolute Gasteiger partial charge is 0.195 e. The number of hydrogen-bond acceptors (Lipinski definition) is 4. The summed E-state index contributed by atoms with van der Waals surface area (Å²) >= 11 is 1.98. The van der Waals surface area contributed by atoms with Gasteiger partial charge in [-0.3, -0.25) is 4.79 Å². The Hall–Kier alpha value is -0.770. The first-order valence-electron chi connectivity index (χ1n) is 10.8. The van der Waals surface area contributed by atoms with E-state index in [1.54, 1.807) is 0 Å². The van der Waals surface area contributed by atoms with Crippen LogP contribution in [0.5, 0.6) is 0 Å². The van der Waals surface area contributed by atoms with Crippen molar-refractivity contribution in [2.45, 2.75) is 103 Å². The molecule has 0 amide bonds. The quantitative estimate of drug-likeness (QED) is 0.360. The van der Waals surface area contributed by atoms with E-state index in [1.165, 1.54) is 44.9 Å². The molecule has 0 unspecified atom stereocenters. The number of hydrogen-bond donors (Lipinski definition) is 0. The molecule has 2 atom stereocenters. The minimum atomic E-state index is 0.191. The summed E-state index contributed by atoms with van der Waals surface area (Å²) < 4.78 is 5.97. The van der Waals surface area contributed by atoms with Crippen LogP contribution in [-0.2, 0) is 12.8 Å². The van der Waals surface area contributed by atoms with Gasteiger partial charge < -0.3 is 4.42 Å². The fraction of sp³-hybridized carbons (Fsp3) is 0.818. The highest BCUT2D eigenvalue weighted by Crippen LogP contribution is 2.31. The molecule has 1 aromatic rings. The third-order valence-corrected chi connectivity index (χ3v) is 6.41. The van der Waals surface area contributed by atoms with Crippen molar-refractivity contribution in [1.82, 2.24) is 4.98 Å². The van der Waals surface area contributed by atoms with Crippen LogP contribution in [-0.4, -0.2) is 21.8 Å². The Kier molecular flexibility index (Phi) is 9.80. The number of nitrogens with zero attached hydrogens (tertiary/aromatic N) is 1. The van der Waals surface area contributed by atoms with E-state index in [0.29, 0.717) is 23.3 Å². The van der Waals surface area contributed by atoms with Gasteiger partial charge in [0.1, 0.15) is 11.5 Å². The van der Waals surface area contributed by atoms with Crippen LogP contribution in [0.4, 0.5) is 0 Å². The number of carbonyl (C=O) groups excluding carboxylic acids is 1. The van der Waals surface area contributed by atoms with Crippen LogP contribution in [0.1, 0.15) is 107 Å². The van der Waals surface area contributed by atoms with Crippen LogP contribution >= 0.6 is 11.8 Å². The minimum absolute atomic E-state index is 0.191. The van der Waals surface area contributed by atoms with Gasteiger partial charge in [0.15, 0.2) is 11.7 Å². The number of carbonyl (C=O) groups is 1. The van der Waals surface area contributed by atoms with Gasteiger partial charge in [-0.25, -0.2) is 4.98 Å². The van der Waals surface area contributed by atoms with Gasteiger partial charge in [0.25, 0.3) is 0 Å². The zero-order chi connectivity index (χ0) is 18.8. The highest BCUT2D eigenvalue weighted by atomic mass is 32.2. The van der Waals surface area contributed by atoms with Crippen LogP contribution in [0.25, 0.3) is 0 Å². The lowest BCUT2D eigenvalue weighted by molar-refractivity contribution is 0.0937. The maximum Gasteiger partial charge on any atom is 0.195 e. The van der Waals surface area contributed by atoms with Crippen molar-refractivity contribution in [3.05, 3.63) is 17.3 Å². The van der Waals surface area contributed by atoms with Crippen molar-refractivity contribution in [3.8, 4) is 0 Å². The van der Waals surface area contributed by atoms with E-state index in [0.717, 1.165) is 43.1 Å². The van der Waals surface area contributed by atoms with Crippen molar-refractivity contribution >= 4 is 17.5 Å². The predicted molar refractivity (Wildman–Crippen MR) is 111 cm³/mol. The Labute approximate surface area is 164 Å². The van der Waals surface area contributed by atoms with Crippen molar-refractivity contribution in [2.75, 3.05) is 5.75 Å². The molecular formula is C22H37NO2S. The number of fused-ring (bicyclic) bond motifs is 1. The van der Waals surface area contributed by atoms with Gasteiger partial charge in [0, 0.05) is 24.5 Å². The molecule has 0 saturated carbocycles. The number of rotatable bonds is 13. The lowest BCUT2D eigenvalue weighted by atomic mass is 9.86. The molecule has 0 aromatic carbocycles. The molecule has 4 heteroatoms. The highest BCUT2D eigenvalue weighted by Gasteiger charge is 2.31. The van der Waals surface area contributed by atoms with Gasteiger partial charge in [-0.2, -0.15) is 11.8 Å². The molecule has 0 saturated heterocycles. The van der Waals surface area contributed by atoms with E-state index in [2.05, 4.69) is 25.8 Å². The van der Waals surface area contributed by atoms with Crippen LogP contribution in [0.15, 0.2) is 4.42 Å². The highest BCUT2D eigenvalue weighted by molar-refractivity contribution is 7.99. The topological polar surface area (TPSA) is 43.1 Å². The zero-order valence-corrected chi connectivity index (χ0v) is 17.8. The zero-order valence-electron chi connectivity index (χ0n) is 17.0. The molecule has 3 nitrogen and oxygen atoms in total. The SMILES string of the molecule is CCCCCCCCCCc1nc2c(o1)C[C@@H](C[C@@H](C)SCC)CC2=O. The molecule has 0 spiro atoms. The molecule has 1 heterocycles. The molecule has 1 aliphatic rings. The van der Waals surface area contributed by atoms with Crippen LogP contribution in [0.3, 0.4) is 0 Å². The fourth-order valence-electron chi connectivity index (χ4n) is 3.96. The molecule has 1 aliphatic carbocycles. The molecule has 26 heavy (non-hydrogen) atoms. The van der Waals surface area contributed by atoms with Crippen LogP contribution in [0.2, 0.25) is 0 Å². The summed E-state index contributed by atoms with van der Waals surface area (Å²) in [4.78, 5) is 16.9. The van der Waals surface area contributed by atoms with Gasteiger partial charge in [0.2, 0.25) is 0 Å². The number of ketones is 1. The van der Waals surface area contributed by atoms with E-state index < -0.39 is 0 Å². The van der Waals surface area contributed by atoms with E-state index in [1.807, 2.05) is 11.8 Å². The molecule has 2 rings (SSSR count). The second-order valence-electron chi connectivity index (χ2n) is 7.80. The summed E-state index contributed by atoms with van der Waals surface area (Å²) in [5.41, 5.74) is 0.631. The van der Waals surface area contributed by atoms with E-state index in [9.17, 15) is 4.79 Å². The average Bonchev–Trinajstić information content (AvgIpc) is 3.01. The molecular weight excluding hydrogens is 342 g/mol. The van der Waals surface area contributed by atoms with Gasteiger partial charge in [-0.15, -0.1) is 0 Å². The maximum atomic E-state index is 12.4. The summed E-state index contributed by atoms with van der Waals surface area (Å²) in [5, 5.41) is 0.610. The Bertz CT molecular complexity index is 540. The van der Waals surface area contributed by atoms with E-state index >= 15 is 0 Å². The van der Waals surface area contributed by atoms with Crippen molar-refractivity contribution < 1.29 is 9.21 Å². The number of thioether (sulfide) groups is 1. The maximum absolute atomic E-state index is 12.4. The van der Waals surface area contributed by atoms with Gasteiger partial charge in [-0.1, -0.05) is 65.7 Å².